The Balaban J connectivity index is 2.88. The largest absolute Gasteiger partial charge is 0.481 e. The third-order valence-corrected chi connectivity index (χ3v) is 2.90. The average Bonchev–Trinajstić information content (AvgIpc) is 2.25. The van der Waals surface area contributed by atoms with Gasteiger partial charge in [-0.15, -0.1) is 0 Å². The molecule has 0 unspecified atom stereocenters. The maximum absolute atomic E-state index is 11.8. The Morgan fingerprint density at radius 1 is 1.50 bits per heavy atom. The SMILES string of the molecule is CC(C)(C)OC(=O)N[C@H](CC(=O)O)c1cccnc1Br. The van der Waals surface area contributed by atoms with E-state index in [4.69, 9.17) is 9.84 Å². The van der Waals surface area contributed by atoms with Gasteiger partial charge in [-0.25, -0.2) is 9.78 Å². The maximum atomic E-state index is 11.8. The van der Waals surface area contributed by atoms with Crippen molar-refractivity contribution in [1.29, 1.82) is 0 Å². The number of pyridine rings is 1. The highest BCUT2D eigenvalue weighted by molar-refractivity contribution is 9.10. The number of ether oxygens (including phenoxy) is 1. The zero-order valence-electron chi connectivity index (χ0n) is 11.5. The summed E-state index contributed by atoms with van der Waals surface area (Å²) in [5.41, 5.74) is -0.0647. The van der Waals surface area contributed by atoms with Crippen LogP contribution < -0.4 is 5.32 Å². The molecular weight excluding hydrogens is 328 g/mol. The molecule has 0 aliphatic heterocycles. The fourth-order valence-corrected chi connectivity index (χ4v) is 2.05. The molecular formula is C13H17BrN2O4. The zero-order valence-corrected chi connectivity index (χ0v) is 13.1. The Labute approximate surface area is 125 Å². The monoisotopic (exact) mass is 344 g/mol. The number of hydrogen-bond acceptors (Lipinski definition) is 4. The van der Waals surface area contributed by atoms with Gasteiger partial charge in [-0.05, 0) is 42.8 Å². The topological polar surface area (TPSA) is 88.5 Å². The first-order chi connectivity index (χ1) is 9.19. The first kappa shape index (κ1) is 16.4. The lowest BCUT2D eigenvalue weighted by atomic mass is 10.1. The molecule has 6 nitrogen and oxygen atoms in total. The second kappa shape index (κ2) is 6.69. The predicted octanol–water partition coefficient (Wildman–Crippen LogP) is 2.88. The minimum atomic E-state index is -1.03. The van der Waals surface area contributed by atoms with Gasteiger partial charge in [0.05, 0.1) is 12.5 Å². The lowest BCUT2D eigenvalue weighted by Gasteiger charge is -2.23. The van der Waals surface area contributed by atoms with Gasteiger partial charge in [0.25, 0.3) is 0 Å². The Kier molecular flexibility index (Phi) is 5.50. The van der Waals surface area contributed by atoms with Gasteiger partial charge in [-0.3, -0.25) is 4.79 Å². The lowest BCUT2D eigenvalue weighted by molar-refractivity contribution is -0.137. The van der Waals surface area contributed by atoms with Crippen molar-refractivity contribution in [2.75, 3.05) is 0 Å². The van der Waals surface area contributed by atoms with Crippen molar-refractivity contribution in [3.63, 3.8) is 0 Å². The van der Waals surface area contributed by atoms with Crippen LogP contribution in [0.25, 0.3) is 0 Å². The van der Waals surface area contributed by atoms with Gasteiger partial charge >= 0.3 is 12.1 Å². The molecule has 0 saturated heterocycles. The summed E-state index contributed by atoms with van der Waals surface area (Å²) in [5, 5.41) is 11.5. The van der Waals surface area contributed by atoms with Gasteiger partial charge in [0.15, 0.2) is 0 Å². The predicted molar refractivity (Wildman–Crippen MR) is 76.3 cm³/mol. The molecule has 1 aromatic heterocycles. The molecule has 0 saturated carbocycles. The number of aromatic nitrogens is 1. The molecule has 110 valence electrons. The molecule has 1 rings (SSSR count). The van der Waals surface area contributed by atoms with E-state index >= 15 is 0 Å². The van der Waals surface area contributed by atoms with Crippen molar-refractivity contribution in [3.05, 3.63) is 28.5 Å². The molecule has 0 aliphatic carbocycles. The van der Waals surface area contributed by atoms with E-state index in [9.17, 15) is 9.59 Å². The maximum Gasteiger partial charge on any atom is 0.408 e. The summed E-state index contributed by atoms with van der Waals surface area (Å²) in [5.74, 6) is -1.03. The zero-order chi connectivity index (χ0) is 15.3. The van der Waals surface area contributed by atoms with Gasteiger partial charge in [0.2, 0.25) is 0 Å². The van der Waals surface area contributed by atoms with Crippen LogP contribution in [0, 0.1) is 0 Å². The van der Waals surface area contributed by atoms with Crippen molar-refractivity contribution in [2.45, 2.75) is 38.8 Å². The number of rotatable bonds is 4. The number of carbonyl (C=O) groups excluding carboxylic acids is 1. The van der Waals surface area contributed by atoms with Crippen LogP contribution in [-0.2, 0) is 9.53 Å². The molecule has 20 heavy (non-hydrogen) atoms. The first-order valence-electron chi connectivity index (χ1n) is 6.01. The minimum absolute atomic E-state index is 0.260. The summed E-state index contributed by atoms with van der Waals surface area (Å²) in [6.07, 6.45) is 0.641. The average molecular weight is 345 g/mol. The molecule has 0 aromatic carbocycles. The summed E-state index contributed by atoms with van der Waals surface area (Å²) >= 11 is 3.24. The summed E-state index contributed by atoms with van der Waals surface area (Å²) in [6, 6.07) is 2.65. The van der Waals surface area contributed by atoms with Crippen LogP contribution in [0.1, 0.15) is 38.8 Å². The van der Waals surface area contributed by atoms with Gasteiger partial charge in [-0.1, -0.05) is 6.07 Å². The first-order valence-corrected chi connectivity index (χ1v) is 6.80. The highest BCUT2D eigenvalue weighted by atomic mass is 79.9. The Hall–Kier alpha value is -1.63. The fourth-order valence-electron chi connectivity index (χ4n) is 1.52. The number of carboxylic acid groups (broad SMARTS) is 1. The fraction of sp³-hybridized carbons (Fsp3) is 0.462. The highest BCUT2D eigenvalue weighted by Gasteiger charge is 2.24. The third-order valence-electron chi connectivity index (χ3n) is 2.23. The lowest BCUT2D eigenvalue weighted by Crippen LogP contribution is -2.36. The van der Waals surface area contributed by atoms with E-state index in [0.29, 0.717) is 10.2 Å². The van der Waals surface area contributed by atoms with E-state index in [1.807, 2.05) is 0 Å². The Morgan fingerprint density at radius 3 is 2.65 bits per heavy atom. The molecule has 0 aliphatic rings. The molecule has 0 radical (unpaired) electrons. The van der Waals surface area contributed by atoms with E-state index in [1.165, 1.54) is 0 Å². The summed E-state index contributed by atoms with van der Waals surface area (Å²) < 4.78 is 5.62. The summed E-state index contributed by atoms with van der Waals surface area (Å²) in [7, 11) is 0. The van der Waals surface area contributed by atoms with Crippen molar-refractivity contribution in [3.8, 4) is 0 Å². The number of nitrogens with zero attached hydrogens (tertiary/aromatic N) is 1. The van der Waals surface area contributed by atoms with E-state index in [0.717, 1.165) is 0 Å². The van der Waals surface area contributed by atoms with Crippen LogP contribution in [0.3, 0.4) is 0 Å². The molecule has 1 heterocycles. The van der Waals surface area contributed by atoms with Crippen LogP contribution in [-0.4, -0.2) is 27.8 Å². The van der Waals surface area contributed by atoms with Crippen molar-refractivity contribution in [2.24, 2.45) is 0 Å². The quantitative estimate of drug-likeness (QED) is 0.819. The highest BCUT2D eigenvalue weighted by Crippen LogP contribution is 2.24. The minimum Gasteiger partial charge on any atom is -0.481 e. The second-order valence-electron chi connectivity index (χ2n) is 5.18. The van der Waals surface area contributed by atoms with Gasteiger partial charge < -0.3 is 15.2 Å². The van der Waals surface area contributed by atoms with Crippen LogP contribution in [0.5, 0.6) is 0 Å². The van der Waals surface area contributed by atoms with Crippen LogP contribution >= 0.6 is 15.9 Å². The molecule has 1 amide bonds. The number of nitrogens with one attached hydrogen (secondary N) is 1. The van der Waals surface area contributed by atoms with Crippen molar-refractivity contribution < 1.29 is 19.4 Å². The van der Waals surface area contributed by atoms with Gasteiger partial charge in [0, 0.05) is 11.8 Å². The molecule has 1 atom stereocenters. The Bertz CT molecular complexity index is 499. The number of amides is 1. The van der Waals surface area contributed by atoms with Crippen molar-refractivity contribution >= 4 is 28.0 Å². The number of carboxylic acids is 1. The molecule has 7 heteroatoms. The number of hydrogen-bond donors (Lipinski definition) is 2. The van der Waals surface area contributed by atoms with E-state index < -0.39 is 23.7 Å². The normalized spacial score (nSPS) is 12.6. The van der Waals surface area contributed by atoms with E-state index in [-0.39, 0.29) is 6.42 Å². The van der Waals surface area contributed by atoms with Crippen LogP contribution in [0.15, 0.2) is 22.9 Å². The third kappa shape index (κ3) is 5.56. The summed E-state index contributed by atoms with van der Waals surface area (Å²) in [6.45, 7) is 5.20. The molecule has 0 bridgehead atoms. The molecule has 2 N–H and O–H groups in total. The number of aliphatic carboxylic acids is 1. The molecule has 1 aromatic rings. The molecule has 0 fully saturated rings. The van der Waals surface area contributed by atoms with E-state index in [1.54, 1.807) is 39.1 Å². The smallest absolute Gasteiger partial charge is 0.408 e. The van der Waals surface area contributed by atoms with Crippen LogP contribution in [0.2, 0.25) is 0 Å². The van der Waals surface area contributed by atoms with Crippen LogP contribution in [0.4, 0.5) is 4.79 Å². The van der Waals surface area contributed by atoms with Crippen molar-refractivity contribution in [1.82, 2.24) is 10.3 Å². The number of halogens is 1. The van der Waals surface area contributed by atoms with E-state index in [2.05, 4.69) is 26.2 Å². The van der Waals surface area contributed by atoms with Gasteiger partial charge in [0.1, 0.15) is 10.2 Å². The number of alkyl carbamates (subject to hydrolysis) is 1. The summed E-state index contributed by atoms with van der Waals surface area (Å²) in [4.78, 5) is 26.7. The Morgan fingerprint density at radius 2 is 2.15 bits per heavy atom. The van der Waals surface area contributed by atoms with Gasteiger partial charge in [-0.2, -0.15) is 0 Å². The standard InChI is InChI=1S/C13H17BrN2O4/c1-13(2,3)20-12(19)16-9(7-10(17)18)8-5-4-6-15-11(8)14/h4-6,9H,7H2,1-3H3,(H,16,19)(H,17,18)/t9-/m1/s1. The number of carbonyl (C=O) groups is 2. The second-order valence-corrected chi connectivity index (χ2v) is 5.93. The molecule has 0 spiro atoms.